The van der Waals surface area contributed by atoms with Crippen LogP contribution in [0.15, 0.2) is 91.0 Å². The first-order valence-corrected chi connectivity index (χ1v) is 12.7. The van der Waals surface area contributed by atoms with Gasteiger partial charge in [-0.1, -0.05) is 112 Å². The van der Waals surface area contributed by atoms with Crippen LogP contribution in [0.3, 0.4) is 0 Å². The highest BCUT2D eigenvalue weighted by Gasteiger charge is 2.51. The van der Waals surface area contributed by atoms with Gasteiger partial charge in [0.25, 0.3) is 8.32 Å². The fourth-order valence-corrected chi connectivity index (χ4v) is 9.13. The van der Waals surface area contributed by atoms with E-state index in [0.717, 1.165) is 6.42 Å². The number of hydrogen-bond acceptors (Lipinski definition) is 2. The second-order valence-electron chi connectivity index (χ2n) is 9.12. The van der Waals surface area contributed by atoms with Crippen LogP contribution in [0.4, 0.5) is 0 Å². The molecular weight excluding hydrogens is 384 g/mol. The van der Waals surface area contributed by atoms with E-state index in [-0.39, 0.29) is 23.7 Å². The fourth-order valence-electron chi connectivity index (χ4n) is 4.36. The Balaban J connectivity index is 2.04. The summed E-state index contributed by atoms with van der Waals surface area (Å²) in [4.78, 5) is 0. The Morgan fingerprint density at radius 1 is 0.767 bits per heavy atom. The first-order chi connectivity index (χ1) is 14.4. The van der Waals surface area contributed by atoms with Crippen molar-refractivity contribution >= 4 is 18.7 Å². The molecule has 3 aromatic rings. The van der Waals surface area contributed by atoms with Crippen LogP contribution >= 0.6 is 0 Å². The lowest BCUT2D eigenvalue weighted by Crippen LogP contribution is -2.68. The molecule has 30 heavy (non-hydrogen) atoms. The van der Waals surface area contributed by atoms with E-state index in [9.17, 15) is 5.11 Å². The smallest absolute Gasteiger partial charge is 0.261 e. The summed E-state index contributed by atoms with van der Waals surface area (Å²) in [6, 6.07) is 31.8. The minimum atomic E-state index is -2.62. The molecule has 0 aliphatic rings. The Morgan fingerprint density at radius 2 is 1.20 bits per heavy atom. The maximum absolute atomic E-state index is 10.2. The molecule has 3 heteroatoms. The van der Waals surface area contributed by atoms with Crippen LogP contribution in [0.2, 0.25) is 5.04 Å². The molecule has 158 valence electrons. The topological polar surface area (TPSA) is 29.5 Å². The van der Waals surface area contributed by atoms with Gasteiger partial charge in [0.15, 0.2) is 0 Å². The zero-order chi connectivity index (χ0) is 21.6. The molecule has 0 aliphatic heterocycles. The molecular formula is C27H34O2Si. The molecule has 0 aromatic heterocycles. The van der Waals surface area contributed by atoms with Gasteiger partial charge in [-0.05, 0) is 34.3 Å². The zero-order valence-electron chi connectivity index (χ0n) is 18.6. The van der Waals surface area contributed by atoms with Crippen LogP contribution in [0.25, 0.3) is 0 Å². The third-order valence-corrected chi connectivity index (χ3v) is 11.1. The lowest BCUT2D eigenvalue weighted by molar-refractivity contribution is 0.0915. The molecule has 0 heterocycles. The van der Waals surface area contributed by atoms with E-state index >= 15 is 0 Å². The lowest BCUT2D eigenvalue weighted by Gasteiger charge is -2.45. The van der Waals surface area contributed by atoms with Gasteiger partial charge in [0.05, 0.1) is 0 Å². The Labute approximate surface area is 182 Å². The summed E-state index contributed by atoms with van der Waals surface area (Å²) < 4.78 is 7.18. The Bertz CT molecular complexity index is 849. The summed E-state index contributed by atoms with van der Waals surface area (Å²) in [5.41, 5.74) is 1.23. The molecule has 2 nitrogen and oxygen atoms in total. The third kappa shape index (κ3) is 4.75. The van der Waals surface area contributed by atoms with E-state index in [1.165, 1.54) is 15.9 Å². The van der Waals surface area contributed by atoms with Gasteiger partial charge < -0.3 is 9.53 Å². The molecule has 1 N–H and O–H groups in total. The van der Waals surface area contributed by atoms with Crippen molar-refractivity contribution in [2.45, 2.75) is 45.3 Å². The van der Waals surface area contributed by atoms with Crippen LogP contribution in [0, 0.1) is 5.92 Å². The summed E-state index contributed by atoms with van der Waals surface area (Å²) in [6.07, 6.45) is 0.720. The van der Waals surface area contributed by atoms with Crippen molar-refractivity contribution in [1.82, 2.24) is 0 Å². The highest BCUT2D eigenvalue weighted by molar-refractivity contribution is 6.99. The van der Waals surface area contributed by atoms with Crippen LogP contribution < -0.4 is 10.4 Å². The predicted octanol–water partition coefficient (Wildman–Crippen LogP) is 4.80. The van der Waals surface area contributed by atoms with E-state index in [0.29, 0.717) is 0 Å². The normalized spacial score (nSPS) is 14.3. The van der Waals surface area contributed by atoms with Crippen molar-refractivity contribution in [3.63, 3.8) is 0 Å². The van der Waals surface area contributed by atoms with Crippen LogP contribution in [-0.4, -0.2) is 26.1 Å². The second kappa shape index (κ2) is 9.74. The molecule has 2 atom stereocenters. The van der Waals surface area contributed by atoms with E-state index in [1.54, 1.807) is 0 Å². The van der Waals surface area contributed by atoms with Gasteiger partial charge >= 0.3 is 0 Å². The fraction of sp³-hybridized carbons (Fsp3) is 0.333. The molecule has 0 spiro atoms. The van der Waals surface area contributed by atoms with Crippen molar-refractivity contribution < 1.29 is 9.53 Å². The van der Waals surface area contributed by atoms with Gasteiger partial charge in [0, 0.05) is 18.6 Å². The van der Waals surface area contributed by atoms with Crippen molar-refractivity contribution in [3.8, 4) is 0 Å². The van der Waals surface area contributed by atoms with Gasteiger partial charge in [0.1, 0.15) is 0 Å². The van der Waals surface area contributed by atoms with Crippen LogP contribution in [0.1, 0.15) is 33.3 Å². The maximum Gasteiger partial charge on any atom is 0.261 e. The van der Waals surface area contributed by atoms with Gasteiger partial charge in [0.2, 0.25) is 0 Å². The highest BCUT2D eigenvalue weighted by atomic mass is 28.4. The molecule has 0 bridgehead atoms. The molecule has 1 unspecified atom stereocenters. The molecule has 0 amide bonds. The van der Waals surface area contributed by atoms with Gasteiger partial charge in [-0.2, -0.15) is 0 Å². The Morgan fingerprint density at radius 3 is 1.60 bits per heavy atom. The first-order valence-electron chi connectivity index (χ1n) is 10.8. The largest absolute Gasteiger partial charge is 0.404 e. The number of hydrogen-bond donors (Lipinski definition) is 1. The number of aliphatic hydroxyl groups is 1. The van der Waals surface area contributed by atoms with Crippen LogP contribution in [0.5, 0.6) is 0 Å². The molecule has 0 aliphatic carbocycles. The molecule has 3 aromatic carbocycles. The Hall–Kier alpha value is -2.20. The molecule has 3 rings (SSSR count). The maximum atomic E-state index is 10.2. The van der Waals surface area contributed by atoms with E-state index in [2.05, 4.69) is 113 Å². The van der Waals surface area contributed by atoms with Crippen molar-refractivity contribution in [2.75, 3.05) is 6.61 Å². The van der Waals surface area contributed by atoms with Gasteiger partial charge in [-0.25, -0.2) is 0 Å². The number of rotatable bonds is 8. The average Bonchev–Trinajstić information content (AvgIpc) is 2.76. The van der Waals surface area contributed by atoms with Crippen molar-refractivity contribution in [1.29, 1.82) is 0 Å². The van der Waals surface area contributed by atoms with Gasteiger partial charge in [-0.15, -0.1) is 0 Å². The van der Waals surface area contributed by atoms with Gasteiger partial charge in [-0.3, -0.25) is 0 Å². The average molecular weight is 419 g/mol. The SMILES string of the molecule is CC(O[Si](c1ccccc1)(c1ccccc1)C(C)(C)C)[C@@H](CO)Cc1ccccc1. The van der Waals surface area contributed by atoms with Crippen LogP contribution in [-0.2, 0) is 10.8 Å². The van der Waals surface area contributed by atoms with E-state index < -0.39 is 8.32 Å². The standard InChI is InChI=1S/C27H34O2Si/c1-22(24(21-28)20-23-14-8-5-9-15-23)29-30(27(2,3)4,25-16-10-6-11-17-25)26-18-12-7-13-19-26/h5-19,22,24,28H,20-21H2,1-4H3/t22?,24-/m1/s1. The lowest BCUT2D eigenvalue weighted by atomic mass is 9.96. The number of benzene rings is 3. The predicted molar refractivity (Wildman–Crippen MR) is 129 cm³/mol. The number of aliphatic hydroxyl groups excluding tert-OH is 1. The third-order valence-electron chi connectivity index (χ3n) is 6.02. The monoisotopic (exact) mass is 418 g/mol. The molecule has 0 saturated carbocycles. The first kappa shape index (κ1) is 22.5. The summed E-state index contributed by atoms with van der Waals surface area (Å²) >= 11 is 0. The van der Waals surface area contributed by atoms with E-state index in [1.807, 2.05) is 6.07 Å². The summed E-state index contributed by atoms with van der Waals surface area (Å²) in [7, 11) is -2.62. The summed E-state index contributed by atoms with van der Waals surface area (Å²) in [6.45, 7) is 9.10. The summed E-state index contributed by atoms with van der Waals surface area (Å²) in [5, 5.41) is 12.7. The molecule has 0 fully saturated rings. The Kier molecular flexibility index (Phi) is 7.30. The molecule has 0 saturated heterocycles. The quantitative estimate of drug-likeness (QED) is 0.532. The minimum Gasteiger partial charge on any atom is -0.404 e. The highest BCUT2D eigenvalue weighted by Crippen LogP contribution is 2.38. The van der Waals surface area contributed by atoms with Crippen molar-refractivity contribution in [2.24, 2.45) is 5.92 Å². The molecule has 0 radical (unpaired) electrons. The zero-order valence-corrected chi connectivity index (χ0v) is 19.6. The summed E-state index contributed by atoms with van der Waals surface area (Å²) in [5.74, 6) is 0.0362. The van der Waals surface area contributed by atoms with Crippen molar-refractivity contribution in [3.05, 3.63) is 96.6 Å². The minimum absolute atomic E-state index is 0.0362. The second-order valence-corrected chi connectivity index (χ2v) is 13.4. The van der Waals surface area contributed by atoms with E-state index in [4.69, 9.17) is 4.43 Å².